The van der Waals surface area contributed by atoms with Crippen LogP contribution in [0.2, 0.25) is 0 Å². The predicted molar refractivity (Wildman–Crippen MR) is 213 cm³/mol. The highest BCUT2D eigenvalue weighted by molar-refractivity contribution is 5.97. The van der Waals surface area contributed by atoms with Gasteiger partial charge in [0.25, 0.3) is 0 Å². The third kappa shape index (κ3) is 11.0. The Morgan fingerprint density at radius 3 is 2.04 bits per heavy atom. The predicted octanol–water partition coefficient (Wildman–Crippen LogP) is 6.47. The third-order valence-corrected chi connectivity index (χ3v) is 11.0. The Kier molecular flexibility index (Phi) is 14.9. The van der Waals surface area contributed by atoms with Gasteiger partial charge in [0, 0.05) is 38.3 Å². The number of carbonyl (C=O) groups excluding carboxylic acids is 4. The van der Waals surface area contributed by atoms with E-state index in [1.54, 1.807) is 23.8 Å². The van der Waals surface area contributed by atoms with Gasteiger partial charge in [-0.3, -0.25) is 24.1 Å². The topological polar surface area (TPSA) is 93.3 Å². The number of likely N-dealkylation sites (N-methyl/N-ethyl adjacent to an activating group) is 1. The number of benzene rings is 2. The first kappa shape index (κ1) is 41.8. The fourth-order valence-corrected chi connectivity index (χ4v) is 7.85. The van der Waals surface area contributed by atoms with Crippen LogP contribution in [0.25, 0.3) is 0 Å². The van der Waals surface area contributed by atoms with Gasteiger partial charge in [-0.2, -0.15) is 0 Å². The summed E-state index contributed by atoms with van der Waals surface area (Å²) in [7, 11) is 1.77. The molecule has 0 aliphatic carbocycles. The summed E-state index contributed by atoms with van der Waals surface area (Å²) in [5.74, 6) is -0.501. The number of piperidine rings is 1. The van der Waals surface area contributed by atoms with Gasteiger partial charge in [0.15, 0.2) is 0 Å². The SMILES string of the molecule is CC(=C[C@H](C(C)C)N(C)C(=O)[C@@H](NC(=O)C1CCCCN1C(C)C)C(C)(C)C)C(=O)N1CCC[C@H]1C(=O)N(CCc1ccccc1)Cc1ccccc1. The Bertz CT molecular complexity index is 1550. The van der Waals surface area contributed by atoms with Gasteiger partial charge < -0.3 is 20.0 Å². The number of amides is 4. The van der Waals surface area contributed by atoms with E-state index in [-0.39, 0.29) is 41.6 Å². The third-order valence-electron chi connectivity index (χ3n) is 11.0. The summed E-state index contributed by atoms with van der Waals surface area (Å²) >= 11 is 0. The number of likely N-dealkylation sites (tertiary alicyclic amines) is 2. The Morgan fingerprint density at radius 2 is 1.45 bits per heavy atom. The van der Waals surface area contributed by atoms with Crippen molar-refractivity contribution in [1.29, 1.82) is 0 Å². The molecular weight excluding hydrogens is 663 g/mol. The van der Waals surface area contributed by atoms with E-state index in [1.165, 1.54) is 0 Å². The van der Waals surface area contributed by atoms with Crippen molar-refractivity contribution in [2.24, 2.45) is 11.3 Å². The molecule has 2 heterocycles. The van der Waals surface area contributed by atoms with Crippen LogP contribution in [0.15, 0.2) is 72.3 Å². The van der Waals surface area contributed by atoms with Crippen molar-refractivity contribution in [3.63, 3.8) is 0 Å². The summed E-state index contributed by atoms with van der Waals surface area (Å²) < 4.78 is 0. The first-order chi connectivity index (χ1) is 25.1. The number of hydrogen-bond acceptors (Lipinski definition) is 5. The molecule has 2 fully saturated rings. The molecule has 53 heavy (non-hydrogen) atoms. The number of carbonyl (C=O) groups is 4. The molecule has 1 unspecified atom stereocenters. The number of nitrogens with one attached hydrogen (secondary N) is 1. The molecule has 2 saturated heterocycles. The van der Waals surface area contributed by atoms with Gasteiger partial charge in [-0.1, -0.05) is 108 Å². The zero-order chi connectivity index (χ0) is 38.9. The molecule has 2 aromatic rings. The summed E-state index contributed by atoms with van der Waals surface area (Å²) in [5.41, 5.74) is 2.18. The number of hydrogen-bond donors (Lipinski definition) is 1. The summed E-state index contributed by atoms with van der Waals surface area (Å²) in [6, 6.07) is 18.5. The fraction of sp³-hybridized carbons (Fsp3) is 0.591. The normalized spacial score (nSPS) is 19.6. The van der Waals surface area contributed by atoms with Gasteiger partial charge in [0.1, 0.15) is 12.1 Å². The minimum absolute atomic E-state index is 0.00634. The number of nitrogens with zero attached hydrogens (tertiary/aromatic N) is 4. The van der Waals surface area contributed by atoms with Crippen LogP contribution in [0, 0.1) is 11.3 Å². The maximum Gasteiger partial charge on any atom is 0.249 e. The maximum absolute atomic E-state index is 14.3. The van der Waals surface area contributed by atoms with Crippen LogP contribution in [0.4, 0.5) is 0 Å². The van der Waals surface area contributed by atoms with Crippen LogP contribution >= 0.6 is 0 Å². The lowest BCUT2D eigenvalue weighted by atomic mass is 9.84. The van der Waals surface area contributed by atoms with Crippen molar-refractivity contribution in [3.8, 4) is 0 Å². The molecular formula is C44H65N5O4. The quantitative estimate of drug-likeness (QED) is 0.225. The second-order valence-corrected chi connectivity index (χ2v) is 16.8. The maximum atomic E-state index is 14.3. The summed E-state index contributed by atoms with van der Waals surface area (Å²) in [5, 5.41) is 3.16. The van der Waals surface area contributed by atoms with Crippen LogP contribution in [-0.4, -0.2) is 100 Å². The van der Waals surface area contributed by atoms with Crippen molar-refractivity contribution in [2.75, 3.05) is 26.7 Å². The smallest absolute Gasteiger partial charge is 0.249 e. The Morgan fingerprint density at radius 1 is 0.849 bits per heavy atom. The Labute approximate surface area is 319 Å². The molecule has 9 heteroatoms. The van der Waals surface area contributed by atoms with Crippen LogP contribution in [0.5, 0.6) is 0 Å². The van der Waals surface area contributed by atoms with E-state index in [4.69, 9.17) is 0 Å². The van der Waals surface area contributed by atoms with Gasteiger partial charge in [0.05, 0.1) is 12.1 Å². The number of rotatable bonds is 14. The summed E-state index contributed by atoms with van der Waals surface area (Å²) in [6.45, 7) is 18.4. The van der Waals surface area contributed by atoms with Gasteiger partial charge in [-0.15, -0.1) is 0 Å². The minimum atomic E-state index is -0.742. The van der Waals surface area contributed by atoms with E-state index in [9.17, 15) is 19.2 Å². The van der Waals surface area contributed by atoms with Crippen LogP contribution in [0.1, 0.15) is 98.6 Å². The van der Waals surface area contributed by atoms with Crippen molar-refractivity contribution < 1.29 is 19.2 Å². The second kappa shape index (κ2) is 18.9. The fourth-order valence-electron chi connectivity index (χ4n) is 7.85. The molecule has 4 rings (SSSR count). The molecule has 9 nitrogen and oxygen atoms in total. The zero-order valence-corrected chi connectivity index (χ0v) is 33.8. The highest BCUT2D eigenvalue weighted by Crippen LogP contribution is 2.27. The molecule has 4 amide bonds. The molecule has 290 valence electrons. The van der Waals surface area contributed by atoms with E-state index in [0.29, 0.717) is 31.6 Å². The molecule has 2 aliphatic heterocycles. The van der Waals surface area contributed by atoms with Crippen LogP contribution in [0.3, 0.4) is 0 Å². The van der Waals surface area contributed by atoms with Gasteiger partial charge in [0.2, 0.25) is 23.6 Å². The van der Waals surface area contributed by atoms with Crippen molar-refractivity contribution in [2.45, 2.75) is 131 Å². The molecule has 4 atom stereocenters. The average Bonchev–Trinajstić information content (AvgIpc) is 3.63. The van der Waals surface area contributed by atoms with Crippen molar-refractivity contribution in [3.05, 3.63) is 83.4 Å². The molecule has 2 aromatic carbocycles. The molecule has 0 radical (unpaired) electrons. The summed E-state index contributed by atoms with van der Waals surface area (Å²) in [4.78, 5) is 64.1. The molecule has 0 bridgehead atoms. The lowest BCUT2D eigenvalue weighted by Crippen LogP contribution is -2.60. The molecule has 0 saturated carbocycles. The van der Waals surface area contributed by atoms with Crippen molar-refractivity contribution >= 4 is 23.6 Å². The zero-order valence-electron chi connectivity index (χ0n) is 33.8. The molecule has 0 aromatic heterocycles. The van der Waals surface area contributed by atoms with Crippen LogP contribution < -0.4 is 5.32 Å². The average molecular weight is 728 g/mol. The van der Waals surface area contributed by atoms with E-state index >= 15 is 0 Å². The Hall–Kier alpha value is -3.98. The van der Waals surface area contributed by atoms with E-state index in [0.717, 1.165) is 49.8 Å². The second-order valence-electron chi connectivity index (χ2n) is 16.8. The lowest BCUT2D eigenvalue weighted by molar-refractivity contribution is -0.142. The van der Waals surface area contributed by atoms with E-state index in [1.807, 2.05) is 94.1 Å². The van der Waals surface area contributed by atoms with Gasteiger partial charge >= 0.3 is 0 Å². The highest BCUT2D eigenvalue weighted by atomic mass is 16.2. The van der Waals surface area contributed by atoms with E-state index < -0.39 is 23.5 Å². The molecule has 0 spiro atoms. The largest absolute Gasteiger partial charge is 0.342 e. The van der Waals surface area contributed by atoms with E-state index in [2.05, 4.69) is 36.2 Å². The first-order valence-corrected chi connectivity index (χ1v) is 19.8. The van der Waals surface area contributed by atoms with Crippen molar-refractivity contribution in [1.82, 2.24) is 24.9 Å². The summed E-state index contributed by atoms with van der Waals surface area (Å²) in [6.07, 6.45) is 6.81. The van der Waals surface area contributed by atoms with Gasteiger partial charge in [-0.05, 0) is 81.9 Å². The molecule has 1 N–H and O–H groups in total. The monoisotopic (exact) mass is 728 g/mol. The highest BCUT2D eigenvalue weighted by Gasteiger charge is 2.41. The van der Waals surface area contributed by atoms with Crippen LogP contribution in [-0.2, 0) is 32.1 Å². The lowest BCUT2D eigenvalue weighted by Gasteiger charge is -2.41. The molecule has 2 aliphatic rings. The Balaban J connectivity index is 1.52. The minimum Gasteiger partial charge on any atom is -0.342 e. The van der Waals surface area contributed by atoms with Gasteiger partial charge in [-0.25, -0.2) is 0 Å². The first-order valence-electron chi connectivity index (χ1n) is 19.8. The standard InChI is InChI=1S/C44H65N5O4/c1-31(2)38(46(9)43(53)39(44(6,7)8)45-40(50)36-23-16-17-26-48(36)32(3)4)29-33(5)41(51)49-27-18-24-37(49)42(52)47(30-35-21-14-11-15-22-35)28-25-34-19-12-10-13-20-34/h10-15,19-22,29,31-32,36-39H,16-18,23-28,30H2,1-9H3,(H,45,50)/t36?,37-,38+,39+/m0/s1.